The molecule has 2 heterocycles. The van der Waals surface area contributed by atoms with Crippen molar-refractivity contribution in [2.45, 2.75) is 58.6 Å². The molecule has 0 aliphatic carbocycles. The molecule has 1 aromatic rings. The van der Waals surface area contributed by atoms with Gasteiger partial charge in [0.1, 0.15) is 0 Å². The van der Waals surface area contributed by atoms with E-state index >= 15 is 0 Å². The Bertz CT molecular complexity index is 710. The summed E-state index contributed by atoms with van der Waals surface area (Å²) in [5.74, 6) is 0.992. The van der Waals surface area contributed by atoms with E-state index in [-0.39, 0.29) is 17.9 Å². The van der Waals surface area contributed by atoms with Gasteiger partial charge in [-0.3, -0.25) is 4.79 Å². The highest BCUT2D eigenvalue weighted by Gasteiger charge is 2.28. The molecule has 168 valence electrons. The second-order valence-electron chi connectivity index (χ2n) is 8.68. The Morgan fingerprint density at radius 1 is 1.30 bits per heavy atom. The molecule has 30 heavy (non-hydrogen) atoms. The zero-order valence-electron chi connectivity index (χ0n) is 18.6. The van der Waals surface area contributed by atoms with Crippen LogP contribution in [-0.4, -0.2) is 67.5 Å². The van der Waals surface area contributed by atoms with Crippen LogP contribution in [-0.2, 0) is 0 Å². The first-order valence-corrected chi connectivity index (χ1v) is 11.4. The van der Waals surface area contributed by atoms with Crippen molar-refractivity contribution in [3.05, 3.63) is 17.7 Å². The fraction of sp³-hybridized carbons (Fsp3) is 0.696. The minimum atomic E-state index is -0.415. The zero-order chi connectivity index (χ0) is 21.5. The second-order valence-corrected chi connectivity index (χ2v) is 8.68. The summed E-state index contributed by atoms with van der Waals surface area (Å²) in [5.41, 5.74) is 1.32. The summed E-state index contributed by atoms with van der Waals surface area (Å²) in [4.78, 5) is 15.4. The van der Waals surface area contributed by atoms with Gasteiger partial charge in [0.05, 0.1) is 24.9 Å². The number of carbonyl (C=O) groups is 1. The molecule has 1 amide bonds. The molecule has 3 rings (SSSR count). The van der Waals surface area contributed by atoms with Crippen LogP contribution in [0.5, 0.6) is 11.5 Å². The van der Waals surface area contributed by atoms with Crippen molar-refractivity contribution >= 4 is 11.6 Å². The van der Waals surface area contributed by atoms with Gasteiger partial charge >= 0.3 is 0 Å². The maximum absolute atomic E-state index is 13.1. The first-order valence-electron chi connectivity index (χ1n) is 11.4. The topological polar surface area (TPSA) is 83.1 Å². The third-order valence-electron chi connectivity index (χ3n) is 5.71. The number of fused-ring (bicyclic) bond motifs is 1. The van der Waals surface area contributed by atoms with Gasteiger partial charge in [-0.1, -0.05) is 13.3 Å². The number of carbonyl (C=O) groups excluding carboxylic acids is 1. The van der Waals surface area contributed by atoms with Gasteiger partial charge in [-0.05, 0) is 45.8 Å². The summed E-state index contributed by atoms with van der Waals surface area (Å²) in [6.45, 7) is 10.5. The van der Waals surface area contributed by atoms with Crippen molar-refractivity contribution in [1.82, 2.24) is 10.2 Å². The minimum Gasteiger partial charge on any atom is -0.489 e. The first-order chi connectivity index (χ1) is 14.5. The lowest BCUT2D eigenvalue weighted by Gasteiger charge is -2.36. The van der Waals surface area contributed by atoms with Crippen molar-refractivity contribution in [1.29, 1.82) is 0 Å². The van der Waals surface area contributed by atoms with Crippen molar-refractivity contribution in [3.8, 4) is 11.5 Å². The Hall–Kier alpha value is -1.99. The molecule has 1 saturated heterocycles. The van der Waals surface area contributed by atoms with Gasteiger partial charge in [-0.25, -0.2) is 0 Å². The van der Waals surface area contributed by atoms with Crippen LogP contribution in [0.4, 0.5) is 5.69 Å². The number of hydrogen-bond acceptors (Lipinski definition) is 6. The highest BCUT2D eigenvalue weighted by molar-refractivity contribution is 5.99. The summed E-state index contributed by atoms with van der Waals surface area (Å²) < 4.78 is 11.7. The maximum Gasteiger partial charge on any atom is 0.255 e. The average molecular weight is 420 g/mol. The van der Waals surface area contributed by atoms with Crippen LogP contribution < -0.4 is 20.1 Å². The van der Waals surface area contributed by atoms with E-state index in [1.807, 2.05) is 12.1 Å². The number of anilines is 1. The predicted octanol–water partition coefficient (Wildman–Crippen LogP) is 2.88. The fourth-order valence-corrected chi connectivity index (χ4v) is 4.05. The number of benzene rings is 1. The lowest BCUT2D eigenvalue weighted by Crippen LogP contribution is -2.47. The molecular formula is C23H37N3O4. The molecule has 2 aliphatic rings. The van der Waals surface area contributed by atoms with E-state index in [1.165, 1.54) is 0 Å². The number of β-amino-alcohol motifs (C(OH)–C–C–N with tert-alkyl or cyclic N) is 1. The molecule has 1 fully saturated rings. The van der Waals surface area contributed by atoms with E-state index in [0.717, 1.165) is 44.5 Å². The van der Waals surface area contributed by atoms with Gasteiger partial charge in [-0.15, -0.1) is 0 Å². The van der Waals surface area contributed by atoms with E-state index in [1.54, 1.807) is 0 Å². The Morgan fingerprint density at radius 2 is 2.10 bits per heavy atom. The number of likely N-dealkylation sites (tertiary alicyclic amines) is 1. The Balaban J connectivity index is 1.66. The number of rotatable bonds is 8. The Labute approximate surface area is 180 Å². The first kappa shape index (κ1) is 22.7. The minimum absolute atomic E-state index is 0.0690. The third-order valence-corrected chi connectivity index (χ3v) is 5.71. The number of amides is 1. The summed E-state index contributed by atoms with van der Waals surface area (Å²) in [5, 5.41) is 16.9. The normalized spacial score (nSPS) is 21.9. The van der Waals surface area contributed by atoms with Crippen molar-refractivity contribution < 1.29 is 19.4 Å². The maximum atomic E-state index is 13.1. The van der Waals surface area contributed by atoms with Crippen molar-refractivity contribution in [2.75, 3.05) is 44.7 Å². The van der Waals surface area contributed by atoms with E-state index in [9.17, 15) is 9.90 Å². The highest BCUT2D eigenvalue weighted by atomic mass is 16.5. The molecular weight excluding hydrogens is 382 g/mol. The monoisotopic (exact) mass is 419 g/mol. The number of nitrogens with zero attached hydrogens (tertiary/aromatic N) is 1. The summed E-state index contributed by atoms with van der Waals surface area (Å²) in [6, 6.07) is 3.96. The summed E-state index contributed by atoms with van der Waals surface area (Å²) >= 11 is 0. The van der Waals surface area contributed by atoms with Gasteiger partial charge < -0.3 is 30.1 Å². The molecule has 2 aliphatic heterocycles. The molecule has 0 aromatic heterocycles. The number of unbranched alkanes of at least 4 members (excludes halogenated alkanes) is 1. The molecule has 0 radical (unpaired) electrons. The van der Waals surface area contributed by atoms with Crippen LogP contribution in [0.25, 0.3) is 0 Å². The number of ether oxygens (including phenoxy) is 2. The fourth-order valence-electron chi connectivity index (χ4n) is 4.05. The molecule has 7 nitrogen and oxygen atoms in total. The Morgan fingerprint density at radius 3 is 2.83 bits per heavy atom. The molecule has 1 aromatic carbocycles. The standard InChI is InChI=1S/C23H37N3O4/c1-4-5-8-26-9-7-17(20(27)15-26)14-24-23(28)19-12-18(25-16(2)3)13-21-22(19)30-11-6-10-29-21/h12-13,16-17,20,25,27H,4-11,14-15H2,1-3H3,(H,24,28)/t17-,20+/m0/s1. The van der Waals surface area contributed by atoms with Crippen LogP contribution in [0.15, 0.2) is 12.1 Å². The van der Waals surface area contributed by atoms with Gasteiger partial charge in [-0.2, -0.15) is 0 Å². The molecule has 2 atom stereocenters. The van der Waals surface area contributed by atoms with E-state index in [4.69, 9.17) is 9.47 Å². The zero-order valence-corrected chi connectivity index (χ0v) is 18.6. The number of nitrogens with one attached hydrogen (secondary N) is 2. The molecule has 0 unspecified atom stereocenters. The third kappa shape index (κ3) is 6.01. The molecule has 3 N–H and O–H groups in total. The van der Waals surface area contributed by atoms with Crippen molar-refractivity contribution in [3.63, 3.8) is 0 Å². The van der Waals surface area contributed by atoms with Crippen LogP contribution in [0, 0.1) is 5.92 Å². The summed E-state index contributed by atoms with van der Waals surface area (Å²) in [7, 11) is 0. The Kier molecular flexibility index (Phi) is 8.22. The highest BCUT2D eigenvalue weighted by Crippen LogP contribution is 2.37. The smallest absolute Gasteiger partial charge is 0.255 e. The second kappa shape index (κ2) is 10.9. The summed E-state index contributed by atoms with van der Waals surface area (Å²) in [6.07, 6.45) is 3.57. The van der Waals surface area contributed by atoms with Crippen LogP contribution in [0.1, 0.15) is 56.8 Å². The largest absolute Gasteiger partial charge is 0.489 e. The quantitative estimate of drug-likeness (QED) is 0.601. The molecule has 7 heteroatoms. The molecule has 0 bridgehead atoms. The van der Waals surface area contributed by atoms with Crippen molar-refractivity contribution in [2.24, 2.45) is 5.92 Å². The number of aliphatic hydroxyl groups excluding tert-OH is 1. The van der Waals surface area contributed by atoms with Crippen LogP contribution in [0.2, 0.25) is 0 Å². The van der Waals surface area contributed by atoms with Gasteiger partial charge in [0.2, 0.25) is 0 Å². The van der Waals surface area contributed by atoms with E-state index < -0.39 is 6.10 Å². The van der Waals surface area contributed by atoms with E-state index in [2.05, 4.69) is 36.3 Å². The number of hydrogen-bond donors (Lipinski definition) is 3. The predicted molar refractivity (Wildman–Crippen MR) is 119 cm³/mol. The molecule has 0 saturated carbocycles. The van der Waals surface area contributed by atoms with Gasteiger partial charge in [0.15, 0.2) is 11.5 Å². The van der Waals surface area contributed by atoms with Crippen LogP contribution in [0.3, 0.4) is 0 Å². The van der Waals surface area contributed by atoms with Crippen LogP contribution >= 0.6 is 0 Å². The lowest BCUT2D eigenvalue weighted by molar-refractivity contribution is 0.0217. The number of aliphatic hydroxyl groups is 1. The number of piperidine rings is 1. The van der Waals surface area contributed by atoms with E-state index in [0.29, 0.717) is 43.4 Å². The van der Waals surface area contributed by atoms with Gasteiger partial charge in [0, 0.05) is 43.2 Å². The lowest BCUT2D eigenvalue weighted by atomic mass is 9.93. The molecule has 0 spiro atoms. The average Bonchev–Trinajstić information content (AvgIpc) is 2.95. The SMILES string of the molecule is CCCCN1CC[C@@H](CNC(=O)c2cc(NC(C)C)cc3c2OCCCO3)[C@H](O)C1. The van der Waals surface area contributed by atoms with Gasteiger partial charge in [0.25, 0.3) is 5.91 Å².